The van der Waals surface area contributed by atoms with Crippen LogP contribution in [0.15, 0.2) is 36.4 Å². The zero-order valence-electron chi connectivity index (χ0n) is 14.0. The predicted molar refractivity (Wildman–Crippen MR) is 93.3 cm³/mol. The van der Waals surface area contributed by atoms with Crippen LogP contribution in [-0.2, 0) is 22.4 Å². The number of fused-ring (bicyclic) bond motifs is 1. The van der Waals surface area contributed by atoms with Crippen LogP contribution in [0.25, 0.3) is 0 Å². The number of carbonyl (C=O) groups is 2. The maximum absolute atomic E-state index is 12.1. The monoisotopic (exact) mass is 323 g/mol. The van der Waals surface area contributed by atoms with Gasteiger partial charge in [-0.05, 0) is 67.5 Å². The third kappa shape index (κ3) is 3.48. The highest BCUT2D eigenvalue weighted by Gasteiger charge is 2.16. The van der Waals surface area contributed by atoms with Gasteiger partial charge in [0.05, 0.1) is 5.56 Å². The Hall–Kier alpha value is -2.62. The molecule has 3 rings (SSSR count). The molecule has 2 aromatic carbocycles. The van der Waals surface area contributed by atoms with Crippen molar-refractivity contribution in [2.24, 2.45) is 0 Å². The van der Waals surface area contributed by atoms with Gasteiger partial charge in [-0.15, -0.1) is 0 Å². The maximum Gasteiger partial charge on any atom is 0.338 e. The molecule has 2 aromatic rings. The van der Waals surface area contributed by atoms with E-state index in [1.807, 2.05) is 44.2 Å². The van der Waals surface area contributed by atoms with Gasteiger partial charge >= 0.3 is 5.97 Å². The van der Waals surface area contributed by atoms with E-state index in [0.717, 1.165) is 36.1 Å². The van der Waals surface area contributed by atoms with Crippen molar-refractivity contribution in [2.45, 2.75) is 33.1 Å². The number of hydrogen-bond donors (Lipinski definition) is 1. The lowest BCUT2D eigenvalue weighted by atomic mass is 10.1. The molecular weight excluding hydrogens is 302 g/mol. The second-order valence-electron chi connectivity index (χ2n) is 6.23. The fraction of sp³-hybridized carbons (Fsp3) is 0.300. The molecule has 124 valence electrons. The van der Waals surface area contributed by atoms with Crippen LogP contribution in [-0.4, -0.2) is 18.5 Å². The second kappa shape index (κ2) is 6.87. The van der Waals surface area contributed by atoms with E-state index in [1.54, 1.807) is 6.07 Å². The SMILES string of the molecule is Cc1cccc(C)c1NC(=O)COC(=O)c1ccc2c(c1)CCC2. The van der Waals surface area contributed by atoms with E-state index in [4.69, 9.17) is 4.74 Å². The lowest BCUT2D eigenvalue weighted by Gasteiger charge is -2.11. The van der Waals surface area contributed by atoms with Gasteiger partial charge in [0.25, 0.3) is 5.91 Å². The molecule has 0 aromatic heterocycles. The number of nitrogens with one attached hydrogen (secondary N) is 1. The number of ether oxygens (including phenoxy) is 1. The molecule has 0 fully saturated rings. The number of benzene rings is 2. The Balaban J connectivity index is 1.59. The van der Waals surface area contributed by atoms with Gasteiger partial charge in [-0.2, -0.15) is 0 Å². The fourth-order valence-corrected chi connectivity index (χ4v) is 3.10. The average molecular weight is 323 g/mol. The molecule has 1 aliphatic carbocycles. The second-order valence-corrected chi connectivity index (χ2v) is 6.23. The molecule has 1 aliphatic rings. The summed E-state index contributed by atoms with van der Waals surface area (Å²) in [5.74, 6) is -0.789. The third-order valence-electron chi connectivity index (χ3n) is 4.41. The highest BCUT2D eigenvalue weighted by Crippen LogP contribution is 2.23. The Labute approximate surface area is 141 Å². The predicted octanol–water partition coefficient (Wildman–Crippen LogP) is 3.59. The minimum atomic E-state index is -0.457. The van der Waals surface area contributed by atoms with E-state index in [0.29, 0.717) is 5.56 Å². The molecule has 0 aliphatic heterocycles. The molecule has 4 heteroatoms. The summed E-state index contributed by atoms with van der Waals surface area (Å²) in [6.45, 7) is 3.57. The minimum Gasteiger partial charge on any atom is -0.452 e. The van der Waals surface area contributed by atoms with E-state index in [9.17, 15) is 9.59 Å². The molecule has 0 saturated carbocycles. The Morgan fingerprint density at radius 1 is 1.04 bits per heavy atom. The van der Waals surface area contributed by atoms with Crippen molar-refractivity contribution in [3.05, 3.63) is 64.2 Å². The summed E-state index contributed by atoms with van der Waals surface area (Å²) >= 11 is 0. The topological polar surface area (TPSA) is 55.4 Å². The number of aryl methyl sites for hydroxylation is 4. The molecule has 0 heterocycles. The van der Waals surface area contributed by atoms with Gasteiger partial charge in [-0.1, -0.05) is 24.3 Å². The first kappa shape index (κ1) is 16.2. The molecule has 4 nitrogen and oxygen atoms in total. The summed E-state index contributed by atoms with van der Waals surface area (Å²) < 4.78 is 5.15. The first-order chi connectivity index (χ1) is 11.5. The van der Waals surface area contributed by atoms with Crippen LogP contribution in [0, 0.1) is 13.8 Å². The number of hydrogen-bond acceptors (Lipinski definition) is 3. The number of carbonyl (C=O) groups excluding carboxylic acids is 2. The van der Waals surface area contributed by atoms with Crippen molar-refractivity contribution >= 4 is 17.6 Å². The number of anilines is 1. The van der Waals surface area contributed by atoms with Crippen molar-refractivity contribution in [3.8, 4) is 0 Å². The fourth-order valence-electron chi connectivity index (χ4n) is 3.10. The van der Waals surface area contributed by atoms with Crippen molar-refractivity contribution in [3.63, 3.8) is 0 Å². The van der Waals surface area contributed by atoms with E-state index >= 15 is 0 Å². The van der Waals surface area contributed by atoms with Crippen molar-refractivity contribution in [2.75, 3.05) is 11.9 Å². The van der Waals surface area contributed by atoms with Crippen molar-refractivity contribution in [1.82, 2.24) is 0 Å². The highest BCUT2D eigenvalue weighted by atomic mass is 16.5. The van der Waals surface area contributed by atoms with Crippen LogP contribution in [0.5, 0.6) is 0 Å². The minimum absolute atomic E-state index is 0.288. The van der Waals surface area contributed by atoms with E-state index in [2.05, 4.69) is 5.32 Å². The quantitative estimate of drug-likeness (QED) is 0.875. The summed E-state index contributed by atoms with van der Waals surface area (Å²) in [5, 5.41) is 2.81. The van der Waals surface area contributed by atoms with E-state index in [-0.39, 0.29) is 12.5 Å². The average Bonchev–Trinajstić information content (AvgIpc) is 3.03. The Bertz CT molecular complexity index is 775. The summed E-state index contributed by atoms with van der Waals surface area (Å²) in [7, 11) is 0. The van der Waals surface area contributed by atoms with Gasteiger partial charge in [0, 0.05) is 5.69 Å². The summed E-state index contributed by atoms with van der Waals surface area (Å²) in [5.41, 5.74) is 5.76. The lowest BCUT2D eigenvalue weighted by Crippen LogP contribution is -2.21. The first-order valence-electron chi connectivity index (χ1n) is 8.19. The Morgan fingerprint density at radius 3 is 2.50 bits per heavy atom. The van der Waals surface area contributed by atoms with Crippen molar-refractivity contribution < 1.29 is 14.3 Å². The van der Waals surface area contributed by atoms with Crippen LogP contribution >= 0.6 is 0 Å². The molecule has 1 amide bonds. The molecule has 1 N–H and O–H groups in total. The largest absolute Gasteiger partial charge is 0.452 e. The number of esters is 1. The highest BCUT2D eigenvalue weighted by molar-refractivity contribution is 5.96. The number of amides is 1. The van der Waals surface area contributed by atoms with E-state index < -0.39 is 5.97 Å². The van der Waals surface area contributed by atoms with Gasteiger partial charge < -0.3 is 10.1 Å². The molecule has 0 atom stereocenters. The van der Waals surface area contributed by atoms with Crippen LogP contribution in [0.3, 0.4) is 0 Å². The van der Waals surface area contributed by atoms with Gasteiger partial charge in [0.1, 0.15) is 0 Å². The number of para-hydroxylation sites is 1. The smallest absolute Gasteiger partial charge is 0.338 e. The molecule has 0 spiro atoms. The van der Waals surface area contributed by atoms with Gasteiger partial charge in [0.15, 0.2) is 6.61 Å². The molecule has 0 saturated heterocycles. The first-order valence-corrected chi connectivity index (χ1v) is 8.19. The van der Waals surface area contributed by atoms with Crippen LogP contribution < -0.4 is 5.32 Å². The lowest BCUT2D eigenvalue weighted by molar-refractivity contribution is -0.119. The zero-order chi connectivity index (χ0) is 17.1. The maximum atomic E-state index is 12.1. The number of rotatable bonds is 4. The van der Waals surface area contributed by atoms with Gasteiger partial charge in [0.2, 0.25) is 0 Å². The van der Waals surface area contributed by atoms with Crippen LogP contribution in [0.4, 0.5) is 5.69 Å². The molecule has 24 heavy (non-hydrogen) atoms. The molecule has 0 unspecified atom stereocenters. The van der Waals surface area contributed by atoms with Crippen LogP contribution in [0.2, 0.25) is 0 Å². The molecule has 0 bridgehead atoms. The summed E-state index contributed by atoms with van der Waals surface area (Å²) in [6.07, 6.45) is 3.21. The normalized spacial score (nSPS) is 12.6. The third-order valence-corrected chi connectivity index (χ3v) is 4.41. The van der Waals surface area contributed by atoms with Crippen molar-refractivity contribution in [1.29, 1.82) is 0 Å². The Morgan fingerprint density at radius 2 is 1.75 bits per heavy atom. The summed E-state index contributed by atoms with van der Waals surface area (Å²) in [4.78, 5) is 24.2. The molecular formula is C20H21NO3. The zero-order valence-corrected chi connectivity index (χ0v) is 14.0. The van der Waals surface area contributed by atoms with Gasteiger partial charge in [-0.25, -0.2) is 4.79 Å². The summed E-state index contributed by atoms with van der Waals surface area (Å²) in [6, 6.07) is 11.4. The standard InChI is InChI=1S/C20H21NO3/c1-13-5-3-6-14(2)19(13)21-18(22)12-24-20(23)17-10-9-15-7-4-8-16(15)11-17/h3,5-6,9-11H,4,7-8,12H2,1-2H3,(H,21,22). The van der Waals surface area contributed by atoms with Gasteiger partial charge in [-0.3, -0.25) is 4.79 Å². The Kier molecular flexibility index (Phi) is 4.65. The van der Waals surface area contributed by atoms with Crippen LogP contribution in [0.1, 0.15) is 39.0 Å². The molecule has 0 radical (unpaired) electrons. The van der Waals surface area contributed by atoms with E-state index in [1.165, 1.54) is 11.1 Å².